The molecule has 0 radical (unpaired) electrons. The van der Waals surface area contributed by atoms with Crippen molar-refractivity contribution in [1.82, 2.24) is 9.62 Å². The fourth-order valence-electron chi connectivity index (χ4n) is 4.58. The van der Waals surface area contributed by atoms with Gasteiger partial charge in [0.1, 0.15) is 18.8 Å². The number of piperidine rings is 1. The number of nitrogens with zero attached hydrogens (tertiary/aromatic N) is 1. The van der Waals surface area contributed by atoms with Crippen LogP contribution in [-0.2, 0) is 19.6 Å². The minimum atomic E-state index is -3.73. The van der Waals surface area contributed by atoms with Gasteiger partial charge in [-0.3, -0.25) is 4.79 Å². The second kappa shape index (κ2) is 8.66. The average Bonchev–Trinajstić information content (AvgIpc) is 2.79. The van der Waals surface area contributed by atoms with Gasteiger partial charge < -0.3 is 19.9 Å². The van der Waals surface area contributed by atoms with Crippen molar-refractivity contribution in [2.75, 3.05) is 26.3 Å². The Labute approximate surface area is 181 Å². The van der Waals surface area contributed by atoms with Crippen LogP contribution in [0.25, 0.3) is 0 Å². The van der Waals surface area contributed by atoms with E-state index in [1.54, 1.807) is 6.07 Å². The lowest BCUT2D eigenvalue weighted by molar-refractivity contribution is -0.150. The number of ether oxygens (including phenoxy) is 2. The van der Waals surface area contributed by atoms with Crippen LogP contribution >= 0.6 is 0 Å². The summed E-state index contributed by atoms with van der Waals surface area (Å²) in [7, 11) is -3.73. The summed E-state index contributed by atoms with van der Waals surface area (Å²) >= 11 is 0. The summed E-state index contributed by atoms with van der Waals surface area (Å²) in [6.45, 7) is 1.20. The topological polar surface area (TPSA) is 122 Å². The van der Waals surface area contributed by atoms with E-state index in [-0.39, 0.29) is 23.9 Å². The molecule has 170 valence electrons. The third-order valence-electron chi connectivity index (χ3n) is 6.46. The van der Waals surface area contributed by atoms with Crippen molar-refractivity contribution >= 4 is 21.9 Å². The molecule has 0 spiro atoms. The van der Waals surface area contributed by atoms with Crippen LogP contribution in [0.15, 0.2) is 23.1 Å². The van der Waals surface area contributed by atoms with Crippen molar-refractivity contribution in [3.63, 3.8) is 0 Å². The van der Waals surface area contributed by atoms with Crippen molar-refractivity contribution in [3.8, 4) is 11.5 Å². The number of fused-ring (bicyclic) bond motifs is 1. The molecular weight excluding hydrogens is 424 g/mol. The fourth-order valence-corrected chi connectivity index (χ4v) is 6.06. The molecule has 31 heavy (non-hydrogen) atoms. The van der Waals surface area contributed by atoms with Crippen LogP contribution in [0.4, 0.5) is 0 Å². The van der Waals surface area contributed by atoms with E-state index in [2.05, 4.69) is 5.32 Å². The Morgan fingerprint density at radius 2 is 1.68 bits per heavy atom. The SMILES string of the molecule is O=C(NC1(C(=O)O)CCCCC1)C1CCN(S(=O)(=O)c2ccc3c(c2)OCCO3)CC1. The first-order valence-electron chi connectivity index (χ1n) is 10.8. The molecule has 3 aliphatic rings. The van der Waals surface area contributed by atoms with E-state index in [9.17, 15) is 23.1 Å². The van der Waals surface area contributed by atoms with Crippen molar-refractivity contribution in [2.24, 2.45) is 5.92 Å². The van der Waals surface area contributed by atoms with Crippen LogP contribution < -0.4 is 14.8 Å². The van der Waals surface area contributed by atoms with Gasteiger partial charge in [0.2, 0.25) is 15.9 Å². The first-order chi connectivity index (χ1) is 14.8. The monoisotopic (exact) mass is 452 g/mol. The third-order valence-corrected chi connectivity index (χ3v) is 8.35. The van der Waals surface area contributed by atoms with Crippen molar-refractivity contribution in [1.29, 1.82) is 0 Å². The van der Waals surface area contributed by atoms with E-state index in [4.69, 9.17) is 9.47 Å². The summed E-state index contributed by atoms with van der Waals surface area (Å²) < 4.78 is 38.4. The predicted octanol–water partition coefficient (Wildman–Crippen LogP) is 1.76. The molecule has 0 bridgehead atoms. The van der Waals surface area contributed by atoms with Gasteiger partial charge in [-0.2, -0.15) is 4.31 Å². The first kappa shape index (κ1) is 21.9. The van der Waals surface area contributed by atoms with Crippen LogP contribution in [0.1, 0.15) is 44.9 Å². The zero-order valence-electron chi connectivity index (χ0n) is 17.3. The fraction of sp³-hybridized carbons (Fsp3) is 0.619. The molecule has 1 saturated heterocycles. The summed E-state index contributed by atoms with van der Waals surface area (Å²) in [5.74, 6) is -0.742. The molecule has 2 aliphatic heterocycles. The average molecular weight is 453 g/mol. The molecule has 1 saturated carbocycles. The Bertz CT molecular complexity index is 948. The molecule has 9 nitrogen and oxygen atoms in total. The molecule has 4 rings (SSSR count). The van der Waals surface area contributed by atoms with E-state index in [1.807, 2.05) is 0 Å². The maximum Gasteiger partial charge on any atom is 0.329 e. The minimum Gasteiger partial charge on any atom is -0.486 e. The highest BCUT2D eigenvalue weighted by Crippen LogP contribution is 2.34. The first-order valence-corrected chi connectivity index (χ1v) is 12.2. The molecule has 1 aromatic rings. The van der Waals surface area contributed by atoms with E-state index in [0.29, 0.717) is 50.4 Å². The quantitative estimate of drug-likeness (QED) is 0.698. The predicted molar refractivity (Wildman–Crippen MR) is 111 cm³/mol. The van der Waals surface area contributed by atoms with Crippen LogP contribution in [0.5, 0.6) is 11.5 Å². The Hall–Kier alpha value is -2.33. The summed E-state index contributed by atoms with van der Waals surface area (Å²) in [5, 5.41) is 12.5. The molecule has 0 atom stereocenters. The highest BCUT2D eigenvalue weighted by molar-refractivity contribution is 7.89. The maximum atomic E-state index is 13.1. The van der Waals surface area contributed by atoms with E-state index >= 15 is 0 Å². The highest BCUT2D eigenvalue weighted by atomic mass is 32.2. The molecule has 10 heteroatoms. The minimum absolute atomic E-state index is 0.131. The number of carbonyl (C=O) groups is 2. The third kappa shape index (κ3) is 4.36. The van der Waals surface area contributed by atoms with Gasteiger partial charge in [0.25, 0.3) is 0 Å². The smallest absolute Gasteiger partial charge is 0.329 e. The summed E-state index contributed by atoms with van der Waals surface area (Å²) in [6.07, 6.45) is 4.10. The van der Waals surface area contributed by atoms with Crippen LogP contribution in [0, 0.1) is 5.92 Å². The van der Waals surface area contributed by atoms with E-state index in [1.165, 1.54) is 16.4 Å². The number of nitrogens with one attached hydrogen (secondary N) is 1. The number of carbonyl (C=O) groups excluding carboxylic acids is 1. The number of carboxylic acids is 1. The van der Waals surface area contributed by atoms with Gasteiger partial charge in [-0.25, -0.2) is 13.2 Å². The van der Waals surface area contributed by atoms with E-state index < -0.39 is 27.4 Å². The van der Waals surface area contributed by atoms with Gasteiger partial charge in [-0.1, -0.05) is 19.3 Å². The summed E-state index contributed by atoms with van der Waals surface area (Å²) in [6, 6.07) is 4.57. The lowest BCUT2D eigenvalue weighted by atomic mass is 9.81. The number of carboxylic acid groups (broad SMARTS) is 1. The molecule has 2 N–H and O–H groups in total. The molecule has 1 aliphatic carbocycles. The number of sulfonamides is 1. The number of benzene rings is 1. The Morgan fingerprint density at radius 3 is 2.32 bits per heavy atom. The molecule has 1 aromatic carbocycles. The number of amides is 1. The van der Waals surface area contributed by atoms with Crippen LogP contribution in [-0.4, -0.2) is 61.5 Å². The number of aliphatic carboxylic acids is 1. The molecule has 0 aromatic heterocycles. The second-order valence-corrected chi connectivity index (χ2v) is 10.4. The standard InChI is InChI=1S/C21H28N2O7S/c24-19(22-21(20(25)26)8-2-1-3-9-21)15-6-10-23(11-7-15)31(27,28)16-4-5-17-18(14-16)30-13-12-29-17/h4-5,14-15H,1-3,6-13H2,(H,22,24)(H,25,26). The highest BCUT2D eigenvalue weighted by Gasteiger charge is 2.43. The summed E-state index contributed by atoms with van der Waals surface area (Å²) in [4.78, 5) is 24.7. The largest absolute Gasteiger partial charge is 0.486 e. The van der Waals surface area contributed by atoms with Gasteiger partial charge >= 0.3 is 5.97 Å². The molecule has 1 amide bonds. The molecule has 2 fully saturated rings. The van der Waals surface area contributed by atoms with Crippen molar-refractivity contribution in [2.45, 2.75) is 55.4 Å². The Morgan fingerprint density at radius 1 is 1.03 bits per heavy atom. The second-order valence-electron chi connectivity index (χ2n) is 8.42. The molecular formula is C21H28N2O7S. The summed E-state index contributed by atoms with van der Waals surface area (Å²) in [5.41, 5.74) is -1.19. The van der Waals surface area contributed by atoms with Gasteiger partial charge in [0.15, 0.2) is 11.5 Å². The van der Waals surface area contributed by atoms with Gasteiger partial charge in [-0.15, -0.1) is 0 Å². The number of rotatable bonds is 5. The van der Waals surface area contributed by atoms with Crippen molar-refractivity contribution in [3.05, 3.63) is 18.2 Å². The van der Waals surface area contributed by atoms with Gasteiger partial charge in [-0.05, 0) is 37.8 Å². The molecule has 0 unspecified atom stereocenters. The van der Waals surface area contributed by atoms with Crippen molar-refractivity contribution < 1.29 is 32.6 Å². The van der Waals surface area contributed by atoms with Gasteiger partial charge in [0.05, 0.1) is 4.90 Å². The maximum absolute atomic E-state index is 13.1. The van der Waals surface area contributed by atoms with Gasteiger partial charge in [0, 0.05) is 25.1 Å². The Balaban J connectivity index is 1.40. The Kier molecular flexibility index (Phi) is 6.11. The lowest BCUT2D eigenvalue weighted by Crippen LogP contribution is -2.57. The van der Waals surface area contributed by atoms with Crippen LogP contribution in [0.2, 0.25) is 0 Å². The van der Waals surface area contributed by atoms with E-state index in [0.717, 1.165) is 19.3 Å². The normalized spacial score (nSPS) is 21.9. The lowest BCUT2D eigenvalue weighted by Gasteiger charge is -2.37. The number of hydrogen-bond acceptors (Lipinski definition) is 6. The van der Waals surface area contributed by atoms with Crippen LogP contribution in [0.3, 0.4) is 0 Å². The zero-order valence-corrected chi connectivity index (χ0v) is 18.2. The zero-order chi connectivity index (χ0) is 22.1. The number of hydrogen-bond donors (Lipinski definition) is 2. The molecule has 2 heterocycles.